The molecular weight excluding hydrogens is 384 g/mol. The Morgan fingerprint density at radius 2 is 1.00 bits per heavy atom. The highest BCUT2D eigenvalue weighted by Gasteiger charge is 2.51. The SMILES string of the molecule is CO[Si](CCCCCC1CO1)(OC)O[Si](CCCCCC1CO1)(OC)OC. The van der Waals surface area contributed by atoms with Crippen LogP contribution in [-0.2, 0) is 31.3 Å². The third-order valence-corrected chi connectivity index (χ3v) is 12.3. The first-order chi connectivity index (χ1) is 13.1. The highest BCUT2D eigenvalue weighted by Crippen LogP contribution is 2.28. The summed E-state index contributed by atoms with van der Waals surface area (Å²) in [4.78, 5) is 0. The lowest BCUT2D eigenvalue weighted by atomic mass is 10.2. The fourth-order valence-corrected chi connectivity index (χ4v) is 9.89. The summed E-state index contributed by atoms with van der Waals surface area (Å²) in [5, 5.41) is 0. The Kier molecular flexibility index (Phi) is 10.4. The Hall–Kier alpha value is 0.154. The van der Waals surface area contributed by atoms with Crippen molar-refractivity contribution in [1.29, 1.82) is 0 Å². The number of hydrogen-bond donors (Lipinski definition) is 0. The molecule has 0 radical (unpaired) electrons. The van der Waals surface area contributed by atoms with E-state index in [1.807, 2.05) is 0 Å². The van der Waals surface area contributed by atoms with E-state index < -0.39 is 17.6 Å². The van der Waals surface area contributed by atoms with E-state index in [2.05, 4.69) is 0 Å². The molecule has 0 aromatic carbocycles. The standard InChI is InChI=1S/C18H38O7Si2/c1-19-26(20-2,13-9-5-7-11-17-15-23-17)25-27(21-3,22-4)14-10-6-8-12-18-16-24-18/h17-18H,5-16H2,1-4H3. The summed E-state index contributed by atoms with van der Waals surface area (Å²) in [6, 6.07) is 1.57. The molecule has 27 heavy (non-hydrogen) atoms. The number of epoxide rings is 2. The lowest BCUT2D eigenvalue weighted by Gasteiger charge is -2.35. The summed E-state index contributed by atoms with van der Waals surface area (Å²) in [5.74, 6) is 0. The van der Waals surface area contributed by atoms with Crippen LogP contribution in [0.2, 0.25) is 12.1 Å². The van der Waals surface area contributed by atoms with Crippen molar-refractivity contribution in [2.45, 2.75) is 75.7 Å². The number of rotatable bonds is 18. The Bertz CT molecular complexity index is 361. The molecule has 2 unspecified atom stereocenters. The van der Waals surface area contributed by atoms with Crippen LogP contribution in [-0.4, -0.2) is 71.5 Å². The Morgan fingerprint density at radius 3 is 1.30 bits per heavy atom. The third kappa shape index (κ3) is 8.59. The minimum absolute atomic E-state index is 0.501. The van der Waals surface area contributed by atoms with Crippen LogP contribution in [0.25, 0.3) is 0 Å². The second-order valence-corrected chi connectivity index (χ2v) is 13.6. The van der Waals surface area contributed by atoms with Gasteiger partial charge in [-0.2, -0.15) is 0 Å². The predicted octanol–water partition coefficient (Wildman–Crippen LogP) is 3.38. The first-order valence-corrected chi connectivity index (χ1v) is 14.1. The van der Waals surface area contributed by atoms with Crippen molar-refractivity contribution in [1.82, 2.24) is 0 Å². The van der Waals surface area contributed by atoms with Crippen molar-refractivity contribution in [2.75, 3.05) is 41.7 Å². The number of hydrogen-bond acceptors (Lipinski definition) is 7. The molecule has 2 saturated heterocycles. The van der Waals surface area contributed by atoms with Crippen molar-refractivity contribution in [3.8, 4) is 0 Å². The second kappa shape index (κ2) is 12.0. The molecule has 0 amide bonds. The first-order valence-electron chi connectivity index (χ1n) is 10.2. The van der Waals surface area contributed by atoms with Crippen LogP contribution >= 0.6 is 0 Å². The van der Waals surface area contributed by atoms with Crippen LogP contribution in [0.4, 0.5) is 0 Å². The molecule has 9 heteroatoms. The third-order valence-electron chi connectivity index (χ3n) is 5.38. The van der Waals surface area contributed by atoms with E-state index in [1.54, 1.807) is 28.4 Å². The van der Waals surface area contributed by atoms with Crippen molar-refractivity contribution in [2.24, 2.45) is 0 Å². The van der Waals surface area contributed by atoms with Gasteiger partial charge in [-0.3, -0.25) is 0 Å². The molecule has 2 aliphatic rings. The van der Waals surface area contributed by atoms with Gasteiger partial charge >= 0.3 is 17.6 Å². The van der Waals surface area contributed by atoms with E-state index in [4.69, 9.17) is 31.3 Å². The van der Waals surface area contributed by atoms with Crippen LogP contribution in [0.15, 0.2) is 0 Å². The molecule has 2 rings (SSSR count). The Balaban J connectivity index is 1.76. The molecule has 2 atom stereocenters. The Labute approximate surface area is 166 Å². The van der Waals surface area contributed by atoms with Gasteiger partial charge in [0, 0.05) is 40.5 Å². The van der Waals surface area contributed by atoms with Crippen molar-refractivity contribution in [3.63, 3.8) is 0 Å². The van der Waals surface area contributed by atoms with E-state index >= 15 is 0 Å². The smallest absolute Gasteiger partial charge is 0.377 e. The van der Waals surface area contributed by atoms with Crippen LogP contribution in [0.5, 0.6) is 0 Å². The first kappa shape index (κ1) is 23.4. The summed E-state index contributed by atoms with van der Waals surface area (Å²) in [7, 11) is 1.10. The minimum Gasteiger partial charge on any atom is -0.377 e. The van der Waals surface area contributed by atoms with Gasteiger partial charge in [0.1, 0.15) is 0 Å². The molecule has 0 aromatic heterocycles. The monoisotopic (exact) mass is 422 g/mol. The van der Waals surface area contributed by atoms with Crippen LogP contribution in [0.1, 0.15) is 51.4 Å². The fraction of sp³-hybridized carbons (Fsp3) is 1.00. The maximum absolute atomic E-state index is 6.44. The summed E-state index contributed by atoms with van der Waals surface area (Å²) < 4.78 is 40.1. The number of ether oxygens (including phenoxy) is 2. The molecular formula is C18H38O7Si2. The van der Waals surface area contributed by atoms with Gasteiger partial charge in [0.2, 0.25) is 0 Å². The zero-order valence-electron chi connectivity index (χ0n) is 17.5. The van der Waals surface area contributed by atoms with Crippen LogP contribution in [0, 0.1) is 0 Å². The molecule has 0 bridgehead atoms. The zero-order chi connectivity index (χ0) is 19.6. The molecule has 7 nitrogen and oxygen atoms in total. The maximum Gasteiger partial charge on any atom is 0.493 e. The molecule has 0 N–H and O–H groups in total. The highest BCUT2D eigenvalue weighted by molar-refractivity contribution is 6.74. The van der Waals surface area contributed by atoms with E-state index in [9.17, 15) is 0 Å². The minimum atomic E-state index is -2.80. The van der Waals surface area contributed by atoms with Crippen LogP contribution in [0.3, 0.4) is 0 Å². The summed E-state index contributed by atoms with van der Waals surface area (Å²) in [5.41, 5.74) is 0. The van der Waals surface area contributed by atoms with E-state index in [0.717, 1.165) is 63.8 Å². The lowest BCUT2D eigenvalue weighted by molar-refractivity contribution is 0.0856. The van der Waals surface area contributed by atoms with Gasteiger partial charge in [0.15, 0.2) is 0 Å². The van der Waals surface area contributed by atoms with Gasteiger partial charge in [-0.25, -0.2) is 0 Å². The second-order valence-electron chi connectivity index (χ2n) is 7.39. The lowest BCUT2D eigenvalue weighted by Crippen LogP contribution is -2.57. The van der Waals surface area contributed by atoms with Gasteiger partial charge in [-0.15, -0.1) is 0 Å². The van der Waals surface area contributed by atoms with Crippen molar-refractivity contribution >= 4 is 17.6 Å². The number of unbranched alkanes of at least 4 members (excludes halogenated alkanes) is 4. The average molecular weight is 423 g/mol. The van der Waals surface area contributed by atoms with Gasteiger partial charge in [-0.1, -0.05) is 25.7 Å². The summed E-state index contributed by atoms with van der Waals surface area (Å²) in [6.07, 6.45) is 9.93. The van der Waals surface area contributed by atoms with E-state index in [-0.39, 0.29) is 0 Å². The molecule has 2 heterocycles. The summed E-state index contributed by atoms with van der Waals surface area (Å²) >= 11 is 0. The molecule has 0 saturated carbocycles. The zero-order valence-corrected chi connectivity index (χ0v) is 19.5. The molecule has 2 aliphatic heterocycles. The van der Waals surface area contributed by atoms with E-state index in [1.165, 1.54) is 12.8 Å². The average Bonchev–Trinajstić information content (AvgIpc) is 3.61. The van der Waals surface area contributed by atoms with Crippen molar-refractivity contribution in [3.05, 3.63) is 0 Å². The predicted molar refractivity (Wildman–Crippen MR) is 107 cm³/mol. The highest BCUT2D eigenvalue weighted by atomic mass is 28.5. The Morgan fingerprint density at radius 1 is 0.630 bits per heavy atom. The molecule has 0 aliphatic carbocycles. The molecule has 2 fully saturated rings. The van der Waals surface area contributed by atoms with E-state index in [0.29, 0.717) is 12.2 Å². The van der Waals surface area contributed by atoms with Crippen molar-refractivity contribution < 1.29 is 31.3 Å². The van der Waals surface area contributed by atoms with Gasteiger partial charge in [0.25, 0.3) is 0 Å². The molecule has 0 spiro atoms. The fourth-order valence-electron chi connectivity index (χ4n) is 3.33. The molecule has 160 valence electrons. The van der Waals surface area contributed by atoms with Crippen LogP contribution < -0.4 is 0 Å². The quantitative estimate of drug-likeness (QED) is 0.190. The van der Waals surface area contributed by atoms with Gasteiger partial charge in [0.05, 0.1) is 25.4 Å². The van der Waals surface area contributed by atoms with Gasteiger partial charge < -0.3 is 31.3 Å². The maximum atomic E-state index is 6.44. The summed E-state index contributed by atoms with van der Waals surface area (Å²) in [6.45, 7) is 1.86. The van der Waals surface area contributed by atoms with Gasteiger partial charge in [-0.05, 0) is 25.7 Å². The normalized spacial score (nSPS) is 22.2. The largest absolute Gasteiger partial charge is 0.493 e. The molecule has 0 aromatic rings. The topological polar surface area (TPSA) is 71.2 Å².